The fourth-order valence-corrected chi connectivity index (χ4v) is 2.13. The summed E-state index contributed by atoms with van der Waals surface area (Å²) in [4.78, 5) is 11.4. The maximum atomic E-state index is 11.4. The highest BCUT2D eigenvalue weighted by Crippen LogP contribution is 2.16. The second-order valence-corrected chi connectivity index (χ2v) is 6.45. The van der Waals surface area contributed by atoms with Crippen LogP contribution in [-0.4, -0.2) is 12.6 Å². The first-order valence-electron chi connectivity index (χ1n) is 8.63. The van der Waals surface area contributed by atoms with Gasteiger partial charge in [-0.3, -0.25) is 0 Å². The zero-order valence-electron chi connectivity index (χ0n) is 15.9. The Hall–Kier alpha value is -1.57. The summed E-state index contributed by atoms with van der Waals surface area (Å²) in [5.74, 6) is -0.234. The van der Waals surface area contributed by atoms with Gasteiger partial charge >= 0.3 is 5.97 Å². The van der Waals surface area contributed by atoms with Crippen LogP contribution < -0.4 is 0 Å². The molecule has 0 aliphatic heterocycles. The molecule has 0 saturated heterocycles. The molecule has 130 valence electrons. The molecule has 0 fully saturated rings. The van der Waals surface area contributed by atoms with Crippen LogP contribution in [-0.2, 0) is 9.53 Å². The van der Waals surface area contributed by atoms with Crippen LogP contribution >= 0.6 is 0 Å². The van der Waals surface area contributed by atoms with E-state index in [1.807, 2.05) is 13.8 Å². The van der Waals surface area contributed by atoms with Gasteiger partial charge in [-0.05, 0) is 73.6 Å². The van der Waals surface area contributed by atoms with E-state index in [4.69, 9.17) is 4.74 Å². The third-order valence-electron chi connectivity index (χ3n) is 3.41. The van der Waals surface area contributed by atoms with E-state index in [1.54, 1.807) is 6.08 Å². The van der Waals surface area contributed by atoms with Crippen LogP contribution in [0.2, 0.25) is 0 Å². The van der Waals surface area contributed by atoms with Gasteiger partial charge in [0.2, 0.25) is 0 Å². The topological polar surface area (TPSA) is 26.3 Å². The molecule has 0 N–H and O–H groups in total. The van der Waals surface area contributed by atoms with Crippen molar-refractivity contribution < 1.29 is 9.53 Å². The molecule has 0 saturated carbocycles. The lowest BCUT2D eigenvalue weighted by Crippen LogP contribution is -2.00. The number of ether oxygens (including phenoxy) is 1. The number of rotatable bonds is 10. The van der Waals surface area contributed by atoms with E-state index in [-0.39, 0.29) is 5.97 Å². The maximum absolute atomic E-state index is 11.4. The van der Waals surface area contributed by atoms with Crippen LogP contribution in [0.25, 0.3) is 0 Å². The monoisotopic (exact) mass is 318 g/mol. The number of hydrogen-bond acceptors (Lipinski definition) is 2. The second kappa shape index (κ2) is 12.9. The Morgan fingerprint density at radius 2 is 1.48 bits per heavy atom. The molecule has 0 amide bonds. The Kier molecular flexibility index (Phi) is 12.0. The van der Waals surface area contributed by atoms with Crippen molar-refractivity contribution in [3.63, 3.8) is 0 Å². The minimum Gasteiger partial charge on any atom is -0.463 e. The van der Waals surface area contributed by atoms with Crippen LogP contribution in [0.4, 0.5) is 0 Å². The largest absolute Gasteiger partial charge is 0.463 e. The van der Waals surface area contributed by atoms with E-state index in [0.717, 1.165) is 37.7 Å². The van der Waals surface area contributed by atoms with Gasteiger partial charge in [-0.15, -0.1) is 0 Å². The zero-order chi connectivity index (χ0) is 17.7. The van der Waals surface area contributed by atoms with Crippen molar-refractivity contribution in [3.05, 3.63) is 46.6 Å². The SMILES string of the molecule is CCOC(=O)/C=C(\C)CC/C=C(\CC=C(C)C)CCC=C(C)C. The summed E-state index contributed by atoms with van der Waals surface area (Å²) in [5, 5.41) is 0. The fraction of sp³-hybridized carbons (Fsp3) is 0.571. The molecule has 0 unspecified atom stereocenters. The molecule has 0 radical (unpaired) electrons. The molecule has 0 aromatic rings. The number of carbonyl (C=O) groups excluding carboxylic acids is 1. The molecule has 0 heterocycles. The molecule has 0 atom stereocenters. The van der Waals surface area contributed by atoms with Crippen molar-refractivity contribution in [1.82, 2.24) is 0 Å². The maximum Gasteiger partial charge on any atom is 0.330 e. The van der Waals surface area contributed by atoms with Gasteiger partial charge in [0.25, 0.3) is 0 Å². The minimum atomic E-state index is -0.234. The first-order valence-corrected chi connectivity index (χ1v) is 8.63. The molecule has 0 bridgehead atoms. The molecule has 2 heteroatoms. The predicted molar refractivity (Wildman–Crippen MR) is 100 cm³/mol. The Bertz CT molecular complexity index is 468. The molecular formula is C21H34O2. The van der Waals surface area contributed by atoms with Gasteiger partial charge in [-0.25, -0.2) is 4.79 Å². The number of allylic oxidation sites excluding steroid dienone is 7. The lowest BCUT2D eigenvalue weighted by Gasteiger charge is -2.05. The molecule has 0 aliphatic rings. The molecular weight excluding hydrogens is 284 g/mol. The van der Waals surface area contributed by atoms with Crippen molar-refractivity contribution >= 4 is 5.97 Å². The number of hydrogen-bond donors (Lipinski definition) is 0. The van der Waals surface area contributed by atoms with E-state index in [0.29, 0.717) is 6.61 Å². The van der Waals surface area contributed by atoms with Crippen molar-refractivity contribution in [2.45, 2.75) is 73.6 Å². The van der Waals surface area contributed by atoms with Gasteiger partial charge in [0.1, 0.15) is 0 Å². The molecule has 23 heavy (non-hydrogen) atoms. The average Bonchev–Trinajstić information content (AvgIpc) is 2.43. The summed E-state index contributed by atoms with van der Waals surface area (Å²) >= 11 is 0. The van der Waals surface area contributed by atoms with Crippen molar-refractivity contribution in [2.24, 2.45) is 0 Å². The van der Waals surface area contributed by atoms with Crippen LogP contribution in [0.3, 0.4) is 0 Å². The average molecular weight is 319 g/mol. The van der Waals surface area contributed by atoms with E-state index in [2.05, 4.69) is 45.9 Å². The molecule has 0 rings (SSSR count). The van der Waals surface area contributed by atoms with Gasteiger partial charge in [0.15, 0.2) is 0 Å². The van der Waals surface area contributed by atoms with Crippen molar-refractivity contribution in [3.8, 4) is 0 Å². The Morgan fingerprint density at radius 1 is 0.870 bits per heavy atom. The van der Waals surface area contributed by atoms with Crippen LogP contribution in [0.15, 0.2) is 46.6 Å². The second-order valence-electron chi connectivity index (χ2n) is 6.45. The van der Waals surface area contributed by atoms with Crippen molar-refractivity contribution in [2.75, 3.05) is 6.61 Å². The Balaban J connectivity index is 4.58. The third kappa shape index (κ3) is 13.8. The van der Waals surface area contributed by atoms with E-state index in [9.17, 15) is 4.79 Å². The highest BCUT2D eigenvalue weighted by atomic mass is 16.5. The van der Waals surface area contributed by atoms with Gasteiger partial charge in [0, 0.05) is 6.08 Å². The Morgan fingerprint density at radius 3 is 2.04 bits per heavy atom. The number of esters is 1. The Labute approximate surface area is 143 Å². The highest BCUT2D eigenvalue weighted by molar-refractivity contribution is 5.82. The summed E-state index contributed by atoms with van der Waals surface area (Å²) < 4.78 is 4.94. The third-order valence-corrected chi connectivity index (χ3v) is 3.41. The first-order chi connectivity index (χ1) is 10.8. The predicted octanol–water partition coefficient (Wildman–Crippen LogP) is 6.31. The van der Waals surface area contributed by atoms with Gasteiger partial charge in [-0.2, -0.15) is 0 Å². The van der Waals surface area contributed by atoms with E-state index in [1.165, 1.54) is 16.7 Å². The van der Waals surface area contributed by atoms with Gasteiger partial charge < -0.3 is 4.74 Å². The van der Waals surface area contributed by atoms with Crippen LogP contribution in [0.5, 0.6) is 0 Å². The standard InChI is InChI=1S/C21H34O2/c1-7-23-21(22)16-19(6)11-9-13-20(15-14-18(4)5)12-8-10-17(2)3/h10,13-14,16H,7-9,11-12,15H2,1-6H3/b19-16+,20-13-. The fourth-order valence-electron chi connectivity index (χ4n) is 2.13. The quantitative estimate of drug-likeness (QED) is 0.268. The molecule has 0 spiro atoms. The first kappa shape index (κ1) is 21.4. The number of carbonyl (C=O) groups is 1. The van der Waals surface area contributed by atoms with E-state index >= 15 is 0 Å². The summed E-state index contributed by atoms with van der Waals surface area (Å²) in [6.07, 6.45) is 13.6. The molecule has 0 aliphatic carbocycles. The van der Waals surface area contributed by atoms with E-state index < -0.39 is 0 Å². The summed E-state index contributed by atoms with van der Waals surface area (Å²) in [7, 11) is 0. The van der Waals surface area contributed by atoms with Crippen molar-refractivity contribution in [1.29, 1.82) is 0 Å². The normalized spacial score (nSPS) is 11.9. The summed E-state index contributed by atoms with van der Waals surface area (Å²) in [6.45, 7) is 12.8. The zero-order valence-corrected chi connectivity index (χ0v) is 15.9. The van der Waals surface area contributed by atoms with Crippen LogP contribution in [0.1, 0.15) is 73.6 Å². The lowest BCUT2D eigenvalue weighted by atomic mass is 10.0. The highest BCUT2D eigenvalue weighted by Gasteiger charge is 1.99. The van der Waals surface area contributed by atoms with Gasteiger partial charge in [-0.1, -0.05) is 40.5 Å². The van der Waals surface area contributed by atoms with Gasteiger partial charge in [0.05, 0.1) is 6.61 Å². The minimum absolute atomic E-state index is 0.234. The smallest absolute Gasteiger partial charge is 0.330 e. The summed E-state index contributed by atoms with van der Waals surface area (Å²) in [6, 6.07) is 0. The lowest BCUT2D eigenvalue weighted by molar-refractivity contribution is -0.137. The summed E-state index contributed by atoms with van der Waals surface area (Å²) in [5.41, 5.74) is 5.29. The molecule has 2 nitrogen and oxygen atoms in total. The molecule has 0 aromatic heterocycles. The molecule has 0 aromatic carbocycles. The van der Waals surface area contributed by atoms with Crippen LogP contribution in [0, 0.1) is 0 Å².